The summed E-state index contributed by atoms with van der Waals surface area (Å²) in [7, 11) is 1.56. The lowest BCUT2D eigenvalue weighted by molar-refractivity contribution is 0.0695. The van der Waals surface area contributed by atoms with Gasteiger partial charge in [0.2, 0.25) is 0 Å². The summed E-state index contributed by atoms with van der Waals surface area (Å²) in [6, 6.07) is 1.42. The van der Waals surface area contributed by atoms with E-state index in [0.29, 0.717) is 19.0 Å². The molecule has 5 heteroatoms. The largest absolute Gasteiger partial charge is 0.490 e. The smallest absolute Gasteiger partial charge is 0.337 e. The van der Waals surface area contributed by atoms with E-state index in [1.165, 1.54) is 18.5 Å². The third kappa shape index (κ3) is 3.02. The zero-order valence-electron chi connectivity index (χ0n) is 7.77. The quantitative estimate of drug-likeness (QED) is 0.707. The van der Waals surface area contributed by atoms with Crippen LogP contribution in [0.2, 0.25) is 0 Å². The Morgan fingerprint density at radius 2 is 2.29 bits per heavy atom. The van der Waals surface area contributed by atoms with Gasteiger partial charge in [-0.05, 0) is 6.07 Å². The fourth-order valence-electron chi connectivity index (χ4n) is 0.858. The van der Waals surface area contributed by atoms with Crippen molar-refractivity contribution in [2.45, 2.75) is 0 Å². The van der Waals surface area contributed by atoms with Gasteiger partial charge in [0.05, 0.1) is 18.4 Å². The van der Waals surface area contributed by atoms with Crippen molar-refractivity contribution in [2.75, 3.05) is 20.3 Å². The number of carboxylic acids is 1. The first-order valence-electron chi connectivity index (χ1n) is 4.04. The predicted molar refractivity (Wildman–Crippen MR) is 48.6 cm³/mol. The maximum atomic E-state index is 10.6. The van der Waals surface area contributed by atoms with Gasteiger partial charge in [0.15, 0.2) is 0 Å². The number of aromatic carboxylic acids is 1. The van der Waals surface area contributed by atoms with Crippen LogP contribution in [0.4, 0.5) is 0 Å². The van der Waals surface area contributed by atoms with Gasteiger partial charge in [-0.1, -0.05) is 0 Å². The minimum atomic E-state index is -1.02. The Labute approximate surface area is 81.3 Å². The molecule has 0 aliphatic heterocycles. The zero-order chi connectivity index (χ0) is 10.4. The molecule has 1 N–H and O–H groups in total. The van der Waals surface area contributed by atoms with E-state index >= 15 is 0 Å². The van der Waals surface area contributed by atoms with Crippen LogP contribution in [0.3, 0.4) is 0 Å². The van der Waals surface area contributed by atoms with Crippen molar-refractivity contribution >= 4 is 5.97 Å². The topological polar surface area (TPSA) is 68.7 Å². The first kappa shape index (κ1) is 10.5. The van der Waals surface area contributed by atoms with Crippen LogP contribution in [-0.4, -0.2) is 36.4 Å². The normalized spacial score (nSPS) is 9.79. The summed E-state index contributed by atoms with van der Waals surface area (Å²) >= 11 is 0. The lowest BCUT2D eigenvalue weighted by Gasteiger charge is -2.04. The average molecular weight is 197 g/mol. The number of methoxy groups -OCH3 is 1. The van der Waals surface area contributed by atoms with Crippen molar-refractivity contribution in [1.82, 2.24) is 4.98 Å². The molecule has 1 aromatic heterocycles. The minimum absolute atomic E-state index is 0.111. The molecule has 0 atom stereocenters. The van der Waals surface area contributed by atoms with E-state index in [1.807, 2.05) is 0 Å². The summed E-state index contributed by atoms with van der Waals surface area (Å²) < 4.78 is 9.97. The Kier molecular flexibility index (Phi) is 3.87. The van der Waals surface area contributed by atoms with Gasteiger partial charge in [0, 0.05) is 13.3 Å². The third-order valence-electron chi connectivity index (χ3n) is 1.52. The van der Waals surface area contributed by atoms with Crippen molar-refractivity contribution in [3.8, 4) is 5.75 Å². The predicted octanol–water partition coefficient (Wildman–Crippen LogP) is 0.805. The van der Waals surface area contributed by atoms with Crippen LogP contribution in [0, 0.1) is 0 Å². The van der Waals surface area contributed by atoms with Crippen LogP contribution in [0.15, 0.2) is 18.5 Å². The van der Waals surface area contributed by atoms with Gasteiger partial charge in [0.1, 0.15) is 12.4 Å². The molecule has 76 valence electrons. The molecular weight excluding hydrogens is 186 g/mol. The maximum Gasteiger partial charge on any atom is 0.337 e. The van der Waals surface area contributed by atoms with Crippen molar-refractivity contribution in [3.05, 3.63) is 24.0 Å². The van der Waals surface area contributed by atoms with Crippen LogP contribution in [0.25, 0.3) is 0 Å². The molecule has 0 saturated carbocycles. The number of nitrogens with zero attached hydrogens (tertiary/aromatic N) is 1. The highest BCUT2D eigenvalue weighted by molar-refractivity contribution is 5.87. The van der Waals surface area contributed by atoms with Crippen molar-refractivity contribution in [2.24, 2.45) is 0 Å². The van der Waals surface area contributed by atoms with Crippen LogP contribution >= 0.6 is 0 Å². The Balaban J connectivity index is 2.59. The van der Waals surface area contributed by atoms with Crippen LogP contribution in [0.5, 0.6) is 5.75 Å². The third-order valence-corrected chi connectivity index (χ3v) is 1.52. The van der Waals surface area contributed by atoms with Gasteiger partial charge in [-0.3, -0.25) is 4.98 Å². The van der Waals surface area contributed by atoms with Gasteiger partial charge in [-0.2, -0.15) is 0 Å². The molecule has 5 nitrogen and oxygen atoms in total. The van der Waals surface area contributed by atoms with Gasteiger partial charge in [-0.15, -0.1) is 0 Å². The summed E-state index contributed by atoms with van der Waals surface area (Å²) in [6.07, 6.45) is 2.73. The molecule has 0 saturated heterocycles. The number of carbonyl (C=O) groups is 1. The monoisotopic (exact) mass is 197 g/mol. The van der Waals surface area contributed by atoms with Crippen molar-refractivity contribution in [3.63, 3.8) is 0 Å². The fraction of sp³-hybridized carbons (Fsp3) is 0.333. The first-order chi connectivity index (χ1) is 6.74. The average Bonchev–Trinajstić information content (AvgIpc) is 2.19. The van der Waals surface area contributed by atoms with Gasteiger partial charge in [-0.25, -0.2) is 4.79 Å². The lowest BCUT2D eigenvalue weighted by atomic mass is 10.3. The van der Waals surface area contributed by atoms with E-state index in [2.05, 4.69) is 4.98 Å². The van der Waals surface area contributed by atoms with E-state index in [1.54, 1.807) is 7.11 Å². The lowest BCUT2D eigenvalue weighted by Crippen LogP contribution is -2.05. The summed E-state index contributed by atoms with van der Waals surface area (Å²) in [6.45, 7) is 0.832. The van der Waals surface area contributed by atoms with Gasteiger partial charge in [0.25, 0.3) is 0 Å². The van der Waals surface area contributed by atoms with E-state index in [0.717, 1.165) is 0 Å². The molecular formula is C9H11NO4. The van der Waals surface area contributed by atoms with E-state index < -0.39 is 5.97 Å². The maximum absolute atomic E-state index is 10.6. The number of aromatic nitrogens is 1. The Bertz CT molecular complexity index is 313. The number of ether oxygens (including phenoxy) is 2. The standard InChI is InChI=1S/C9H11NO4/c1-13-2-3-14-8-4-7(9(11)12)5-10-6-8/h4-6H,2-3H2,1H3,(H,11,12). The zero-order valence-corrected chi connectivity index (χ0v) is 7.77. The van der Waals surface area contributed by atoms with Crippen molar-refractivity contribution < 1.29 is 19.4 Å². The molecule has 0 bridgehead atoms. The summed E-state index contributed by atoms with van der Waals surface area (Å²) in [5.41, 5.74) is 0.111. The van der Waals surface area contributed by atoms with E-state index in [4.69, 9.17) is 14.6 Å². The molecule has 1 heterocycles. The van der Waals surface area contributed by atoms with Crippen LogP contribution < -0.4 is 4.74 Å². The Hall–Kier alpha value is -1.62. The second-order valence-corrected chi connectivity index (χ2v) is 2.56. The SMILES string of the molecule is COCCOc1cncc(C(=O)O)c1. The molecule has 0 amide bonds. The Morgan fingerprint density at radius 3 is 2.93 bits per heavy atom. The van der Waals surface area contributed by atoms with Crippen LogP contribution in [0.1, 0.15) is 10.4 Å². The number of pyridine rings is 1. The second kappa shape index (κ2) is 5.18. The number of carboxylic acid groups (broad SMARTS) is 1. The molecule has 1 rings (SSSR count). The Morgan fingerprint density at radius 1 is 1.50 bits per heavy atom. The van der Waals surface area contributed by atoms with Crippen molar-refractivity contribution in [1.29, 1.82) is 0 Å². The molecule has 0 spiro atoms. The number of hydrogen-bond acceptors (Lipinski definition) is 4. The second-order valence-electron chi connectivity index (χ2n) is 2.56. The van der Waals surface area contributed by atoms with E-state index in [9.17, 15) is 4.79 Å². The molecule has 1 aromatic rings. The number of rotatable bonds is 5. The highest BCUT2D eigenvalue weighted by Gasteiger charge is 2.04. The number of hydrogen-bond donors (Lipinski definition) is 1. The van der Waals surface area contributed by atoms with Crippen LogP contribution in [-0.2, 0) is 4.74 Å². The molecule has 0 aromatic carbocycles. The van der Waals surface area contributed by atoms with Gasteiger partial charge >= 0.3 is 5.97 Å². The van der Waals surface area contributed by atoms with E-state index in [-0.39, 0.29) is 5.56 Å². The van der Waals surface area contributed by atoms with Gasteiger partial charge < -0.3 is 14.6 Å². The molecule has 14 heavy (non-hydrogen) atoms. The molecule has 0 aliphatic rings. The first-order valence-corrected chi connectivity index (χ1v) is 4.04. The molecule has 0 aliphatic carbocycles. The highest BCUT2D eigenvalue weighted by Crippen LogP contribution is 2.10. The summed E-state index contributed by atoms with van der Waals surface area (Å²) in [5, 5.41) is 8.66. The molecule has 0 radical (unpaired) electrons. The molecule has 0 fully saturated rings. The highest BCUT2D eigenvalue weighted by atomic mass is 16.5. The summed E-state index contributed by atoms with van der Waals surface area (Å²) in [4.78, 5) is 14.3. The summed E-state index contributed by atoms with van der Waals surface area (Å²) in [5.74, 6) is -0.586. The minimum Gasteiger partial charge on any atom is -0.490 e. The molecule has 0 unspecified atom stereocenters. The fourth-order valence-corrected chi connectivity index (χ4v) is 0.858.